The van der Waals surface area contributed by atoms with Gasteiger partial charge < -0.3 is 14.2 Å². The summed E-state index contributed by atoms with van der Waals surface area (Å²) in [4.78, 5) is 0. The maximum absolute atomic E-state index is 6.38. The maximum atomic E-state index is 6.38. The Morgan fingerprint density at radius 2 is 1.72 bits per heavy atom. The van der Waals surface area contributed by atoms with Crippen LogP contribution in [0.2, 0.25) is 0 Å². The van der Waals surface area contributed by atoms with Crippen molar-refractivity contribution in [2.45, 2.75) is 18.7 Å². The van der Waals surface area contributed by atoms with E-state index in [1.54, 1.807) is 14.2 Å². The minimum Gasteiger partial charge on any atom is -0.497 e. The molecule has 5 heteroatoms. The number of rotatable bonds is 4. The predicted molar refractivity (Wildman–Crippen MR) is 112 cm³/mol. The second kappa shape index (κ2) is 7.17. The molecule has 5 rings (SSSR count). The van der Waals surface area contributed by atoms with Crippen LogP contribution < -0.4 is 14.2 Å². The molecule has 0 radical (unpaired) electrons. The Bertz CT molecular complexity index is 1060. The monoisotopic (exact) mass is 386 g/mol. The van der Waals surface area contributed by atoms with Gasteiger partial charge in [0.25, 0.3) is 0 Å². The highest BCUT2D eigenvalue weighted by molar-refractivity contribution is 6.04. The predicted octanol–water partition coefficient (Wildman–Crippen LogP) is 4.95. The van der Waals surface area contributed by atoms with Gasteiger partial charge in [-0.15, -0.1) is 0 Å². The summed E-state index contributed by atoms with van der Waals surface area (Å²) in [6, 6.07) is 24.4. The maximum Gasteiger partial charge on any atom is 0.213 e. The van der Waals surface area contributed by atoms with Crippen LogP contribution in [0.3, 0.4) is 0 Å². The van der Waals surface area contributed by atoms with E-state index in [4.69, 9.17) is 19.3 Å². The van der Waals surface area contributed by atoms with Crippen LogP contribution in [0.5, 0.6) is 17.2 Å². The van der Waals surface area contributed by atoms with Gasteiger partial charge >= 0.3 is 0 Å². The molecule has 0 unspecified atom stereocenters. The number of para-hydroxylation sites is 1. The van der Waals surface area contributed by atoms with Crippen molar-refractivity contribution in [2.75, 3.05) is 14.2 Å². The molecule has 0 fully saturated rings. The van der Waals surface area contributed by atoms with Crippen LogP contribution >= 0.6 is 0 Å². The zero-order chi connectivity index (χ0) is 19.8. The molecular weight excluding hydrogens is 364 g/mol. The molecule has 0 aromatic heterocycles. The van der Waals surface area contributed by atoms with Crippen molar-refractivity contribution in [3.8, 4) is 17.2 Å². The van der Waals surface area contributed by atoms with E-state index in [0.717, 1.165) is 46.1 Å². The Balaban J connectivity index is 1.59. The molecule has 0 saturated carbocycles. The highest BCUT2D eigenvalue weighted by Gasteiger charge is 2.41. The lowest BCUT2D eigenvalue weighted by Crippen LogP contribution is -2.33. The van der Waals surface area contributed by atoms with Gasteiger partial charge in [0.2, 0.25) is 6.23 Å². The number of hydrazone groups is 1. The Morgan fingerprint density at radius 3 is 2.52 bits per heavy atom. The molecular formula is C24H22N2O3. The summed E-state index contributed by atoms with van der Waals surface area (Å²) in [6.07, 6.45) is 0.518. The molecule has 2 aliphatic heterocycles. The summed E-state index contributed by atoms with van der Waals surface area (Å²) in [7, 11) is 3.33. The van der Waals surface area contributed by atoms with Gasteiger partial charge in [-0.2, -0.15) is 5.10 Å². The third-order valence-electron chi connectivity index (χ3n) is 5.50. The summed E-state index contributed by atoms with van der Waals surface area (Å²) >= 11 is 0. The first-order chi connectivity index (χ1) is 14.3. The third-order valence-corrected chi connectivity index (χ3v) is 5.50. The minimum atomic E-state index is -0.266. The number of methoxy groups -OCH3 is 2. The van der Waals surface area contributed by atoms with Crippen molar-refractivity contribution in [2.24, 2.45) is 5.10 Å². The Hall–Kier alpha value is -3.47. The largest absolute Gasteiger partial charge is 0.497 e. The number of hydrogen-bond acceptors (Lipinski definition) is 5. The van der Waals surface area contributed by atoms with Gasteiger partial charge in [-0.25, -0.2) is 5.01 Å². The fraction of sp³-hybridized carbons (Fsp3) is 0.208. The van der Waals surface area contributed by atoms with Crippen LogP contribution in [0.15, 0.2) is 77.9 Å². The topological polar surface area (TPSA) is 43.3 Å². The first-order valence-corrected chi connectivity index (χ1v) is 9.67. The summed E-state index contributed by atoms with van der Waals surface area (Å²) in [5, 5.41) is 7.09. The minimum absolute atomic E-state index is 0.118. The molecule has 2 atom stereocenters. The van der Waals surface area contributed by atoms with Crippen molar-refractivity contribution < 1.29 is 14.2 Å². The fourth-order valence-electron chi connectivity index (χ4n) is 4.07. The molecule has 29 heavy (non-hydrogen) atoms. The summed E-state index contributed by atoms with van der Waals surface area (Å²) in [6.45, 7) is 0. The number of hydrogen-bond donors (Lipinski definition) is 0. The smallest absolute Gasteiger partial charge is 0.213 e. The first-order valence-electron chi connectivity index (χ1n) is 9.67. The Morgan fingerprint density at radius 1 is 0.931 bits per heavy atom. The van der Waals surface area contributed by atoms with Crippen molar-refractivity contribution in [1.29, 1.82) is 0 Å². The number of benzene rings is 3. The second-order valence-electron chi connectivity index (χ2n) is 7.13. The average molecular weight is 386 g/mol. The van der Waals surface area contributed by atoms with Gasteiger partial charge in [-0.05, 0) is 18.2 Å². The average Bonchev–Trinajstić information content (AvgIpc) is 3.24. The molecule has 3 aromatic rings. The van der Waals surface area contributed by atoms with Gasteiger partial charge in [0, 0.05) is 29.2 Å². The molecule has 0 amide bonds. The molecule has 2 heterocycles. The molecule has 146 valence electrons. The van der Waals surface area contributed by atoms with Crippen molar-refractivity contribution >= 4 is 5.71 Å². The summed E-state index contributed by atoms with van der Waals surface area (Å²) in [5.74, 6) is 2.44. The van der Waals surface area contributed by atoms with E-state index in [1.807, 2.05) is 48.5 Å². The third kappa shape index (κ3) is 2.99. The van der Waals surface area contributed by atoms with Crippen LogP contribution in [-0.2, 0) is 0 Å². The van der Waals surface area contributed by atoms with Gasteiger partial charge in [-0.1, -0.05) is 48.5 Å². The van der Waals surface area contributed by atoms with E-state index in [0.29, 0.717) is 0 Å². The molecule has 5 nitrogen and oxygen atoms in total. The van der Waals surface area contributed by atoms with Gasteiger partial charge in [0.1, 0.15) is 17.2 Å². The van der Waals surface area contributed by atoms with Crippen molar-refractivity contribution in [3.63, 3.8) is 0 Å². The number of fused-ring (bicyclic) bond motifs is 3. The van der Waals surface area contributed by atoms with E-state index < -0.39 is 0 Å². The van der Waals surface area contributed by atoms with Gasteiger partial charge in [0.15, 0.2) is 0 Å². The normalized spacial score (nSPS) is 19.7. The molecule has 0 N–H and O–H groups in total. The second-order valence-corrected chi connectivity index (χ2v) is 7.13. The van der Waals surface area contributed by atoms with E-state index in [2.05, 4.69) is 29.3 Å². The van der Waals surface area contributed by atoms with Crippen LogP contribution in [0.1, 0.15) is 35.4 Å². The molecule has 0 saturated heterocycles. The van der Waals surface area contributed by atoms with Crippen LogP contribution in [0.4, 0.5) is 0 Å². The summed E-state index contributed by atoms with van der Waals surface area (Å²) < 4.78 is 17.3. The van der Waals surface area contributed by atoms with Crippen molar-refractivity contribution in [3.05, 3.63) is 89.5 Å². The van der Waals surface area contributed by atoms with E-state index >= 15 is 0 Å². The lowest BCUT2D eigenvalue weighted by atomic mass is 9.95. The number of nitrogens with zero attached hydrogens (tertiary/aromatic N) is 2. The zero-order valence-electron chi connectivity index (χ0n) is 16.4. The Labute approximate surface area is 170 Å². The van der Waals surface area contributed by atoms with E-state index in [1.165, 1.54) is 0 Å². The van der Waals surface area contributed by atoms with Crippen molar-refractivity contribution in [1.82, 2.24) is 5.01 Å². The van der Waals surface area contributed by atoms with Crippen LogP contribution in [0, 0.1) is 0 Å². The molecule has 2 aliphatic rings. The van der Waals surface area contributed by atoms with Gasteiger partial charge in [0.05, 0.1) is 26.0 Å². The summed E-state index contributed by atoms with van der Waals surface area (Å²) in [5.41, 5.74) is 4.20. The number of ether oxygens (including phenoxy) is 3. The lowest BCUT2D eigenvalue weighted by molar-refractivity contribution is -0.0190. The molecule has 0 bridgehead atoms. The highest BCUT2D eigenvalue weighted by Crippen LogP contribution is 2.48. The van der Waals surface area contributed by atoms with Crippen LogP contribution in [0.25, 0.3) is 0 Å². The molecule has 0 aliphatic carbocycles. The standard InChI is InChI=1S/C24H22N2O3/c1-27-17-12-13-18(23(14-17)28-2)20-15-21-19-10-6-7-11-22(19)29-24(26(21)25-20)16-8-4-3-5-9-16/h3-14,21,24H,15H2,1-2H3/t21-,24+/m0/s1. The SMILES string of the molecule is COc1ccc(C2=NN3[C@@H](c4ccccc4)Oc4ccccc4[C@@H]3C2)c(OC)c1. The van der Waals surface area contributed by atoms with Crippen LogP contribution in [-0.4, -0.2) is 24.9 Å². The van der Waals surface area contributed by atoms with E-state index in [9.17, 15) is 0 Å². The fourth-order valence-corrected chi connectivity index (χ4v) is 4.07. The quantitative estimate of drug-likeness (QED) is 0.637. The first kappa shape index (κ1) is 17.6. The lowest BCUT2D eigenvalue weighted by Gasteiger charge is -2.38. The highest BCUT2D eigenvalue weighted by atomic mass is 16.5. The Kier molecular flexibility index (Phi) is 4.35. The molecule has 3 aromatic carbocycles. The van der Waals surface area contributed by atoms with Gasteiger partial charge in [-0.3, -0.25) is 0 Å². The molecule has 0 spiro atoms. The van der Waals surface area contributed by atoms with E-state index in [-0.39, 0.29) is 12.3 Å². The zero-order valence-corrected chi connectivity index (χ0v) is 16.4.